The number of hydrogen-bond donors (Lipinski definition) is 2. The van der Waals surface area contributed by atoms with Crippen LogP contribution >= 0.6 is 11.3 Å². The zero-order valence-corrected chi connectivity index (χ0v) is 18.7. The monoisotopic (exact) mass is 454 g/mol. The normalized spacial score (nSPS) is 22.8. The number of carboxylic acids is 1. The van der Waals surface area contributed by atoms with Crippen molar-refractivity contribution < 1.29 is 19.4 Å². The largest absolute Gasteiger partial charge is 0.486 e. The fraction of sp³-hybridized carbons (Fsp3) is 0.435. The average Bonchev–Trinajstić information content (AvgIpc) is 3.28. The lowest BCUT2D eigenvalue weighted by Gasteiger charge is -2.44. The molecular weight excluding hydrogens is 428 g/mol. The van der Waals surface area contributed by atoms with Crippen LogP contribution in [0, 0.1) is 5.92 Å². The van der Waals surface area contributed by atoms with E-state index in [1.165, 1.54) is 0 Å². The number of aromatic nitrogens is 2. The van der Waals surface area contributed by atoms with Gasteiger partial charge < -0.3 is 24.8 Å². The molecule has 9 heteroatoms. The summed E-state index contributed by atoms with van der Waals surface area (Å²) in [5.41, 5.74) is 0.113. The molecule has 2 aliphatic heterocycles. The van der Waals surface area contributed by atoms with Gasteiger partial charge in [0.25, 0.3) is 0 Å². The number of thiophene rings is 1. The van der Waals surface area contributed by atoms with Gasteiger partial charge in [-0.1, -0.05) is 13.0 Å². The maximum Gasteiger partial charge on any atom is 0.324 e. The zero-order chi connectivity index (χ0) is 22.1. The van der Waals surface area contributed by atoms with Crippen LogP contribution in [0.1, 0.15) is 18.9 Å². The third-order valence-corrected chi connectivity index (χ3v) is 7.25. The summed E-state index contributed by atoms with van der Waals surface area (Å²) < 4.78 is 11.2. The van der Waals surface area contributed by atoms with E-state index in [0.717, 1.165) is 27.3 Å². The molecule has 0 amide bonds. The fourth-order valence-corrected chi connectivity index (χ4v) is 5.28. The highest BCUT2D eigenvalue weighted by Crippen LogP contribution is 2.33. The lowest BCUT2D eigenvalue weighted by molar-refractivity contribution is -0.148. The third kappa shape index (κ3) is 3.86. The molecule has 4 heterocycles. The standard InChI is InChI=1S/C23H26N4O4S/c1-15-14-27(22-24-13-17-5-11-32-20(17)26-22)8-6-23(15,21(28)29)25-7-4-16-2-3-18-19(12-16)31-10-9-30-18/h2-3,5,11-13,15,25H,4,6-10,14H2,1H3,(H,28,29). The van der Waals surface area contributed by atoms with Gasteiger partial charge in [-0.2, -0.15) is 0 Å². The number of carboxylic acid groups (broad SMARTS) is 1. The molecule has 0 bridgehead atoms. The topological polar surface area (TPSA) is 96.8 Å². The van der Waals surface area contributed by atoms with Gasteiger partial charge in [0.2, 0.25) is 5.95 Å². The van der Waals surface area contributed by atoms with Crippen molar-refractivity contribution in [3.63, 3.8) is 0 Å². The Morgan fingerprint density at radius 2 is 2.16 bits per heavy atom. The van der Waals surface area contributed by atoms with E-state index in [2.05, 4.69) is 20.2 Å². The van der Waals surface area contributed by atoms with Gasteiger partial charge in [-0.05, 0) is 42.0 Å². The number of aliphatic carboxylic acids is 1. The van der Waals surface area contributed by atoms with Crippen molar-refractivity contribution in [2.45, 2.75) is 25.3 Å². The second kappa shape index (κ2) is 8.55. The van der Waals surface area contributed by atoms with Crippen LogP contribution in [-0.2, 0) is 11.2 Å². The maximum absolute atomic E-state index is 12.4. The third-order valence-electron chi connectivity index (χ3n) is 6.43. The predicted molar refractivity (Wildman–Crippen MR) is 123 cm³/mol. The molecule has 2 N–H and O–H groups in total. The Labute approximate surface area is 190 Å². The number of carbonyl (C=O) groups is 1. The Morgan fingerprint density at radius 3 is 2.97 bits per heavy atom. The molecule has 5 rings (SSSR count). The first-order valence-electron chi connectivity index (χ1n) is 10.9. The van der Waals surface area contributed by atoms with Gasteiger partial charge in [-0.3, -0.25) is 4.79 Å². The summed E-state index contributed by atoms with van der Waals surface area (Å²) in [6.07, 6.45) is 3.03. The van der Waals surface area contributed by atoms with E-state index in [0.29, 0.717) is 51.6 Å². The summed E-state index contributed by atoms with van der Waals surface area (Å²) in [5, 5.41) is 16.5. The van der Waals surface area contributed by atoms with E-state index < -0.39 is 11.5 Å². The number of nitrogens with one attached hydrogen (secondary N) is 1. The summed E-state index contributed by atoms with van der Waals surface area (Å²) in [5.74, 6) is 1.27. The summed E-state index contributed by atoms with van der Waals surface area (Å²) >= 11 is 1.59. The van der Waals surface area contributed by atoms with E-state index in [1.807, 2.05) is 42.8 Å². The van der Waals surface area contributed by atoms with E-state index in [4.69, 9.17) is 9.47 Å². The molecule has 168 valence electrons. The number of hydrogen-bond acceptors (Lipinski definition) is 8. The van der Waals surface area contributed by atoms with E-state index in [9.17, 15) is 9.90 Å². The lowest BCUT2D eigenvalue weighted by Crippen LogP contribution is -2.64. The Kier molecular flexibility index (Phi) is 5.60. The minimum atomic E-state index is -0.975. The molecule has 2 unspecified atom stereocenters. The Morgan fingerprint density at radius 1 is 1.31 bits per heavy atom. The van der Waals surface area contributed by atoms with Gasteiger partial charge in [0, 0.05) is 37.1 Å². The summed E-state index contributed by atoms with van der Waals surface area (Å²) in [7, 11) is 0. The molecule has 1 saturated heterocycles. The van der Waals surface area contributed by atoms with Gasteiger partial charge in [-0.25, -0.2) is 9.97 Å². The molecule has 32 heavy (non-hydrogen) atoms. The minimum Gasteiger partial charge on any atom is -0.486 e. The molecule has 2 atom stereocenters. The number of piperidine rings is 1. The molecule has 0 saturated carbocycles. The van der Waals surface area contributed by atoms with Crippen molar-refractivity contribution in [1.82, 2.24) is 15.3 Å². The molecule has 0 aliphatic carbocycles. The second-order valence-corrected chi connectivity index (χ2v) is 9.27. The first kappa shape index (κ1) is 21.0. The number of benzene rings is 1. The number of fused-ring (bicyclic) bond motifs is 2. The number of nitrogens with zero attached hydrogens (tertiary/aromatic N) is 3. The molecule has 1 fully saturated rings. The highest BCUT2D eigenvalue weighted by atomic mass is 32.1. The van der Waals surface area contributed by atoms with Gasteiger partial charge in [0.05, 0.1) is 0 Å². The first-order valence-corrected chi connectivity index (χ1v) is 11.8. The molecule has 8 nitrogen and oxygen atoms in total. The van der Waals surface area contributed by atoms with Crippen LogP contribution in [0.3, 0.4) is 0 Å². The maximum atomic E-state index is 12.4. The van der Waals surface area contributed by atoms with E-state index in [-0.39, 0.29) is 5.92 Å². The summed E-state index contributed by atoms with van der Waals surface area (Å²) in [6, 6.07) is 7.91. The molecule has 1 aromatic carbocycles. The summed E-state index contributed by atoms with van der Waals surface area (Å²) in [6.45, 7) is 4.84. The van der Waals surface area contributed by atoms with Gasteiger partial charge in [-0.15, -0.1) is 11.3 Å². The molecule has 0 radical (unpaired) electrons. The zero-order valence-electron chi connectivity index (χ0n) is 17.9. The van der Waals surface area contributed by atoms with E-state index >= 15 is 0 Å². The number of rotatable bonds is 6. The molecule has 0 spiro atoms. The fourth-order valence-electron chi connectivity index (χ4n) is 4.55. The Bertz CT molecular complexity index is 1140. The van der Waals surface area contributed by atoms with Crippen molar-refractivity contribution in [3.8, 4) is 11.5 Å². The number of ether oxygens (including phenoxy) is 2. The van der Waals surface area contributed by atoms with Gasteiger partial charge in [0.1, 0.15) is 23.6 Å². The van der Waals surface area contributed by atoms with Crippen LogP contribution in [0.5, 0.6) is 11.5 Å². The van der Waals surface area contributed by atoms with Crippen molar-refractivity contribution >= 4 is 33.5 Å². The Balaban J connectivity index is 1.25. The molecule has 2 aliphatic rings. The van der Waals surface area contributed by atoms with E-state index in [1.54, 1.807) is 11.3 Å². The van der Waals surface area contributed by atoms with Crippen LogP contribution in [-0.4, -0.2) is 59.4 Å². The van der Waals surface area contributed by atoms with Crippen LogP contribution in [0.15, 0.2) is 35.8 Å². The highest BCUT2D eigenvalue weighted by Gasteiger charge is 2.47. The minimum absolute atomic E-state index is 0.114. The lowest BCUT2D eigenvalue weighted by atomic mass is 9.78. The SMILES string of the molecule is CC1CN(c2ncc3ccsc3n2)CCC1(NCCc1ccc2c(c1)OCCO2)C(=O)O. The first-order chi connectivity index (χ1) is 15.5. The average molecular weight is 455 g/mol. The molecule has 2 aromatic heterocycles. The predicted octanol–water partition coefficient (Wildman–Crippen LogP) is 2.96. The Hall–Kier alpha value is -2.91. The van der Waals surface area contributed by atoms with Crippen molar-refractivity contribution in [2.24, 2.45) is 5.92 Å². The van der Waals surface area contributed by atoms with Gasteiger partial charge in [0.15, 0.2) is 11.5 Å². The van der Waals surface area contributed by atoms with Crippen LogP contribution in [0.25, 0.3) is 10.2 Å². The van der Waals surface area contributed by atoms with Crippen LogP contribution < -0.4 is 19.7 Å². The second-order valence-electron chi connectivity index (χ2n) is 8.38. The quantitative estimate of drug-likeness (QED) is 0.587. The summed E-state index contributed by atoms with van der Waals surface area (Å²) in [4.78, 5) is 24.6. The number of anilines is 1. The smallest absolute Gasteiger partial charge is 0.324 e. The highest BCUT2D eigenvalue weighted by molar-refractivity contribution is 7.16. The van der Waals surface area contributed by atoms with Crippen molar-refractivity contribution in [1.29, 1.82) is 0 Å². The van der Waals surface area contributed by atoms with Gasteiger partial charge >= 0.3 is 5.97 Å². The van der Waals surface area contributed by atoms with Crippen LogP contribution in [0.2, 0.25) is 0 Å². The van der Waals surface area contributed by atoms with Crippen molar-refractivity contribution in [3.05, 3.63) is 41.4 Å². The molecular formula is C23H26N4O4S. The molecule has 3 aromatic rings. The van der Waals surface area contributed by atoms with Crippen molar-refractivity contribution in [2.75, 3.05) is 37.7 Å². The van der Waals surface area contributed by atoms with Crippen LogP contribution in [0.4, 0.5) is 5.95 Å².